The number of halogens is 3. The first-order valence-corrected chi connectivity index (χ1v) is 14.9. The Kier molecular flexibility index (Phi) is 12.8. The van der Waals surface area contributed by atoms with Crippen LogP contribution in [0, 0.1) is 0 Å². The number of amides is 3. The molecule has 0 saturated carbocycles. The highest BCUT2D eigenvalue weighted by Crippen LogP contribution is 2.26. The SMILES string of the molecule is C[C@H](NC(=O)Cn1nnc2c(SCC(NC(=O)CC[C@H](N)C(=O)O)C(=O)NCC(=O)O)cccc2c1=O)c1ccc(OC(F)(F)F)cc1. The maximum absolute atomic E-state index is 13.2. The molecular weight excluding hydrogens is 667 g/mol. The van der Waals surface area contributed by atoms with Gasteiger partial charge in [0.1, 0.15) is 36.4 Å². The number of rotatable bonds is 16. The highest BCUT2D eigenvalue weighted by atomic mass is 32.2. The molecule has 1 aromatic heterocycles. The molecule has 7 N–H and O–H groups in total. The van der Waals surface area contributed by atoms with E-state index in [4.69, 9.17) is 15.9 Å². The summed E-state index contributed by atoms with van der Waals surface area (Å²) in [4.78, 5) is 73.2. The number of carboxylic acid groups (broad SMARTS) is 2. The van der Waals surface area contributed by atoms with E-state index in [1.54, 1.807) is 13.0 Å². The van der Waals surface area contributed by atoms with Crippen molar-refractivity contribution in [1.29, 1.82) is 0 Å². The first-order chi connectivity index (χ1) is 22.5. The molecule has 48 heavy (non-hydrogen) atoms. The number of carbonyl (C=O) groups excluding carboxylic acids is 3. The van der Waals surface area contributed by atoms with Gasteiger partial charge in [0.25, 0.3) is 5.56 Å². The summed E-state index contributed by atoms with van der Waals surface area (Å²) < 4.78 is 41.8. The molecular formula is C28H30F3N7O9S. The van der Waals surface area contributed by atoms with Crippen LogP contribution < -0.4 is 32.0 Å². The van der Waals surface area contributed by atoms with Gasteiger partial charge in [-0.25, -0.2) is 4.68 Å². The lowest BCUT2D eigenvalue weighted by Gasteiger charge is -2.18. The van der Waals surface area contributed by atoms with E-state index in [1.165, 1.54) is 24.3 Å². The number of nitrogens with two attached hydrogens (primary N) is 1. The second-order valence-corrected chi connectivity index (χ2v) is 11.2. The van der Waals surface area contributed by atoms with Crippen molar-refractivity contribution in [2.24, 2.45) is 5.73 Å². The number of hydrogen-bond acceptors (Lipinski definition) is 11. The van der Waals surface area contributed by atoms with Crippen LogP contribution >= 0.6 is 11.8 Å². The maximum atomic E-state index is 13.2. The van der Waals surface area contributed by atoms with Crippen molar-refractivity contribution in [2.75, 3.05) is 12.3 Å². The van der Waals surface area contributed by atoms with Crippen LogP contribution in [-0.2, 0) is 30.5 Å². The smallest absolute Gasteiger partial charge is 0.480 e. The summed E-state index contributed by atoms with van der Waals surface area (Å²) in [6.45, 7) is 0.315. The zero-order valence-corrected chi connectivity index (χ0v) is 25.8. The summed E-state index contributed by atoms with van der Waals surface area (Å²) in [5, 5.41) is 33.0. The van der Waals surface area contributed by atoms with Crippen molar-refractivity contribution in [2.45, 2.75) is 55.7 Å². The molecule has 3 atom stereocenters. The van der Waals surface area contributed by atoms with E-state index in [0.29, 0.717) is 10.5 Å². The molecule has 1 heterocycles. The number of ether oxygens (including phenoxy) is 1. The summed E-state index contributed by atoms with van der Waals surface area (Å²) >= 11 is 0.987. The Labute approximate surface area is 273 Å². The topological polar surface area (TPSA) is 245 Å². The molecule has 3 amide bonds. The van der Waals surface area contributed by atoms with Gasteiger partial charge in [0, 0.05) is 17.1 Å². The number of thioether (sulfide) groups is 1. The second-order valence-electron chi connectivity index (χ2n) is 10.1. The lowest BCUT2D eigenvalue weighted by atomic mass is 10.1. The summed E-state index contributed by atoms with van der Waals surface area (Å²) in [5.41, 5.74) is 5.31. The monoisotopic (exact) mass is 697 g/mol. The van der Waals surface area contributed by atoms with Crippen LogP contribution in [0.5, 0.6) is 5.75 Å². The average molecular weight is 698 g/mol. The molecule has 3 aromatic rings. The first-order valence-electron chi connectivity index (χ1n) is 14.0. The van der Waals surface area contributed by atoms with E-state index in [1.807, 2.05) is 0 Å². The van der Waals surface area contributed by atoms with Gasteiger partial charge in [0.15, 0.2) is 0 Å². The normalized spacial score (nSPS) is 13.2. The van der Waals surface area contributed by atoms with Gasteiger partial charge < -0.3 is 36.6 Å². The zero-order chi connectivity index (χ0) is 35.6. The molecule has 258 valence electrons. The van der Waals surface area contributed by atoms with Crippen LogP contribution in [0.1, 0.15) is 31.4 Å². The highest BCUT2D eigenvalue weighted by molar-refractivity contribution is 7.99. The van der Waals surface area contributed by atoms with Gasteiger partial charge in [0.05, 0.1) is 11.4 Å². The highest BCUT2D eigenvalue weighted by Gasteiger charge is 2.31. The van der Waals surface area contributed by atoms with Crippen molar-refractivity contribution in [1.82, 2.24) is 30.9 Å². The molecule has 20 heteroatoms. The van der Waals surface area contributed by atoms with Gasteiger partial charge in [-0.05, 0) is 43.2 Å². The third kappa shape index (κ3) is 11.2. The molecule has 2 aromatic carbocycles. The molecule has 0 aliphatic carbocycles. The summed E-state index contributed by atoms with van der Waals surface area (Å²) in [7, 11) is 0. The molecule has 3 rings (SSSR count). The summed E-state index contributed by atoms with van der Waals surface area (Å²) in [5.74, 6) is -5.41. The van der Waals surface area contributed by atoms with Crippen LogP contribution in [0.4, 0.5) is 13.2 Å². The number of carboxylic acids is 2. The number of aromatic nitrogens is 3. The van der Waals surface area contributed by atoms with Gasteiger partial charge in [-0.15, -0.1) is 30.0 Å². The van der Waals surface area contributed by atoms with Crippen molar-refractivity contribution in [3.05, 3.63) is 58.4 Å². The van der Waals surface area contributed by atoms with Crippen molar-refractivity contribution >= 4 is 52.3 Å². The van der Waals surface area contributed by atoms with E-state index < -0.39 is 78.5 Å². The number of benzene rings is 2. The Morgan fingerprint density at radius 3 is 2.35 bits per heavy atom. The number of aliphatic carboxylic acids is 2. The number of carbonyl (C=O) groups is 5. The molecule has 0 bridgehead atoms. The Bertz CT molecular complexity index is 1720. The van der Waals surface area contributed by atoms with Crippen LogP contribution in [0.25, 0.3) is 10.9 Å². The minimum atomic E-state index is -4.85. The average Bonchev–Trinajstić information content (AvgIpc) is 3.01. The zero-order valence-electron chi connectivity index (χ0n) is 25.0. The number of nitrogens with zero attached hydrogens (tertiary/aromatic N) is 3. The molecule has 0 aliphatic heterocycles. The van der Waals surface area contributed by atoms with Crippen LogP contribution in [0.3, 0.4) is 0 Å². The quantitative estimate of drug-likeness (QED) is 0.112. The Morgan fingerprint density at radius 2 is 1.73 bits per heavy atom. The molecule has 16 nitrogen and oxygen atoms in total. The van der Waals surface area contributed by atoms with E-state index >= 15 is 0 Å². The van der Waals surface area contributed by atoms with E-state index in [-0.39, 0.29) is 29.5 Å². The molecule has 0 radical (unpaired) electrons. The fourth-order valence-corrected chi connectivity index (χ4v) is 5.12. The number of alkyl halides is 3. The fraction of sp³-hybridized carbons (Fsp3) is 0.357. The third-order valence-corrected chi connectivity index (χ3v) is 7.61. The predicted molar refractivity (Wildman–Crippen MR) is 162 cm³/mol. The van der Waals surface area contributed by atoms with Crippen LogP contribution in [-0.4, -0.2) is 85.6 Å². The predicted octanol–water partition coefficient (Wildman–Crippen LogP) is 0.537. The van der Waals surface area contributed by atoms with Crippen molar-refractivity contribution < 1.29 is 52.1 Å². The fourth-order valence-electron chi connectivity index (χ4n) is 4.08. The van der Waals surface area contributed by atoms with Gasteiger partial charge in [0.2, 0.25) is 17.7 Å². The minimum Gasteiger partial charge on any atom is -0.480 e. The first kappa shape index (κ1) is 37.2. The van der Waals surface area contributed by atoms with Gasteiger partial charge in [-0.3, -0.25) is 28.8 Å². The second kappa shape index (κ2) is 16.5. The van der Waals surface area contributed by atoms with E-state index in [2.05, 4.69) is 31.0 Å². The standard InChI is InChI=1S/C28H30F3N7O9S/c1-14(15-5-7-16(8-6-15)47-28(29,30)31)34-22(40)12-38-26(44)17-3-2-4-20(24(17)36-37-38)48-13-19(25(43)33-11-23(41)42)35-21(39)10-9-18(32)27(45)46/h2-8,14,18-19H,9-13,32H2,1H3,(H,33,43)(H,34,40)(H,35,39)(H,41,42)(H,45,46)/t14-,18-,19?/m0/s1. The van der Waals surface area contributed by atoms with Gasteiger partial charge in [-0.2, -0.15) is 0 Å². The maximum Gasteiger partial charge on any atom is 0.573 e. The largest absolute Gasteiger partial charge is 0.573 e. The van der Waals surface area contributed by atoms with Crippen LogP contribution in [0.15, 0.2) is 52.2 Å². The Hall–Kier alpha value is -5.24. The number of hydrogen-bond donors (Lipinski definition) is 6. The van der Waals surface area contributed by atoms with Gasteiger partial charge in [-0.1, -0.05) is 23.4 Å². The lowest BCUT2D eigenvalue weighted by Crippen LogP contribution is -2.49. The molecule has 0 fully saturated rings. The van der Waals surface area contributed by atoms with Crippen LogP contribution in [0.2, 0.25) is 0 Å². The van der Waals surface area contributed by atoms with E-state index in [0.717, 1.165) is 28.6 Å². The Balaban J connectivity index is 1.70. The summed E-state index contributed by atoms with van der Waals surface area (Å²) in [6.07, 6.45) is -5.39. The summed E-state index contributed by atoms with van der Waals surface area (Å²) in [6, 6.07) is 6.14. The molecule has 0 aliphatic rings. The molecule has 0 saturated heterocycles. The molecule has 0 spiro atoms. The lowest BCUT2D eigenvalue weighted by molar-refractivity contribution is -0.274. The Morgan fingerprint density at radius 1 is 1.04 bits per heavy atom. The number of nitrogens with one attached hydrogen (secondary N) is 3. The number of fused-ring (bicyclic) bond motifs is 1. The van der Waals surface area contributed by atoms with Gasteiger partial charge >= 0.3 is 18.3 Å². The third-order valence-electron chi connectivity index (χ3n) is 6.47. The van der Waals surface area contributed by atoms with Crippen molar-refractivity contribution in [3.8, 4) is 5.75 Å². The van der Waals surface area contributed by atoms with E-state index in [9.17, 15) is 41.9 Å². The molecule has 1 unspecified atom stereocenters. The minimum absolute atomic E-state index is 0.0645. The van der Waals surface area contributed by atoms with Crippen molar-refractivity contribution in [3.63, 3.8) is 0 Å².